The second-order valence-corrected chi connectivity index (χ2v) is 6.10. The molecule has 7 nitrogen and oxygen atoms in total. The zero-order chi connectivity index (χ0) is 19.1. The number of hydrogen-bond donors (Lipinski definition) is 2. The molecule has 0 aliphatic carbocycles. The summed E-state index contributed by atoms with van der Waals surface area (Å²) in [4.78, 5) is 23.1. The van der Waals surface area contributed by atoms with E-state index in [4.69, 9.17) is 14.6 Å². The van der Waals surface area contributed by atoms with Crippen LogP contribution in [0.2, 0.25) is 0 Å². The van der Waals surface area contributed by atoms with Gasteiger partial charge in [0.15, 0.2) is 17.6 Å². The topological polar surface area (TPSA) is 97.2 Å². The van der Waals surface area contributed by atoms with E-state index in [0.717, 1.165) is 4.47 Å². The minimum Gasteiger partial charge on any atom is -0.493 e. The maximum absolute atomic E-state index is 12.1. The van der Waals surface area contributed by atoms with E-state index in [1.54, 1.807) is 36.4 Å². The Morgan fingerprint density at radius 3 is 2.65 bits per heavy atom. The predicted molar refractivity (Wildman–Crippen MR) is 99.9 cm³/mol. The van der Waals surface area contributed by atoms with Crippen LogP contribution in [0.1, 0.15) is 22.8 Å². The van der Waals surface area contributed by atoms with Crippen LogP contribution < -0.4 is 14.9 Å². The number of carbonyl (C=O) groups excluding carboxylic acids is 1. The number of benzene rings is 2. The smallest absolute Gasteiger partial charge is 0.344 e. The maximum atomic E-state index is 12.1. The highest BCUT2D eigenvalue weighted by atomic mass is 79.9. The number of nitrogens with one attached hydrogen (secondary N) is 1. The van der Waals surface area contributed by atoms with Gasteiger partial charge in [-0.1, -0.05) is 28.1 Å². The number of hydrogen-bond acceptors (Lipinski definition) is 5. The fourth-order valence-corrected chi connectivity index (χ4v) is 2.40. The van der Waals surface area contributed by atoms with Gasteiger partial charge < -0.3 is 14.6 Å². The van der Waals surface area contributed by atoms with Gasteiger partial charge in [0.25, 0.3) is 5.91 Å². The van der Waals surface area contributed by atoms with E-state index >= 15 is 0 Å². The normalized spacial score (nSPS) is 11.8. The van der Waals surface area contributed by atoms with Crippen molar-refractivity contribution in [3.05, 3.63) is 58.1 Å². The summed E-state index contributed by atoms with van der Waals surface area (Å²) in [6, 6.07) is 11.9. The van der Waals surface area contributed by atoms with Crippen LogP contribution in [0.5, 0.6) is 11.5 Å². The average Bonchev–Trinajstić information content (AvgIpc) is 2.62. The number of carboxylic acid groups (broad SMARTS) is 1. The summed E-state index contributed by atoms with van der Waals surface area (Å²) < 4.78 is 11.4. The second kappa shape index (κ2) is 9.00. The van der Waals surface area contributed by atoms with Gasteiger partial charge in [-0.25, -0.2) is 10.2 Å². The number of methoxy groups -OCH3 is 1. The molecule has 0 aliphatic heterocycles. The SMILES string of the molecule is COc1cccc(/C=N\NC(=O)c2cccc(Br)c2)c1O[C@@H](C)C(=O)O. The molecule has 2 N–H and O–H groups in total. The Morgan fingerprint density at radius 1 is 1.27 bits per heavy atom. The highest BCUT2D eigenvalue weighted by Crippen LogP contribution is 2.31. The Morgan fingerprint density at radius 2 is 2.00 bits per heavy atom. The molecular weight excluding hydrogens is 404 g/mol. The van der Waals surface area contributed by atoms with Crippen molar-refractivity contribution in [2.24, 2.45) is 5.10 Å². The van der Waals surface area contributed by atoms with E-state index in [1.807, 2.05) is 6.07 Å². The van der Waals surface area contributed by atoms with E-state index in [0.29, 0.717) is 16.9 Å². The molecule has 0 radical (unpaired) electrons. The lowest BCUT2D eigenvalue weighted by atomic mass is 10.2. The summed E-state index contributed by atoms with van der Waals surface area (Å²) in [5.74, 6) is -0.903. The molecule has 0 aliphatic rings. The molecule has 0 bridgehead atoms. The van der Waals surface area contributed by atoms with Gasteiger partial charge in [-0.15, -0.1) is 0 Å². The first-order valence-electron chi connectivity index (χ1n) is 7.57. The summed E-state index contributed by atoms with van der Waals surface area (Å²) in [5, 5.41) is 12.9. The number of rotatable bonds is 7. The maximum Gasteiger partial charge on any atom is 0.344 e. The van der Waals surface area contributed by atoms with Crippen LogP contribution in [0, 0.1) is 0 Å². The third kappa shape index (κ3) is 5.06. The highest BCUT2D eigenvalue weighted by molar-refractivity contribution is 9.10. The van der Waals surface area contributed by atoms with E-state index in [2.05, 4.69) is 26.5 Å². The van der Waals surface area contributed by atoms with Gasteiger partial charge in [-0.05, 0) is 37.3 Å². The number of aliphatic carboxylic acids is 1. The molecule has 8 heteroatoms. The summed E-state index contributed by atoms with van der Waals surface area (Å²) in [6.07, 6.45) is 0.289. The van der Waals surface area contributed by atoms with Crippen molar-refractivity contribution in [1.29, 1.82) is 0 Å². The monoisotopic (exact) mass is 420 g/mol. The molecule has 0 saturated heterocycles. The van der Waals surface area contributed by atoms with Gasteiger partial charge in [0.2, 0.25) is 0 Å². The molecular formula is C18H17BrN2O5. The Balaban J connectivity index is 2.18. The van der Waals surface area contributed by atoms with E-state index in [1.165, 1.54) is 20.2 Å². The minimum absolute atomic E-state index is 0.227. The van der Waals surface area contributed by atoms with Crippen molar-refractivity contribution in [2.45, 2.75) is 13.0 Å². The van der Waals surface area contributed by atoms with Crippen molar-refractivity contribution in [2.75, 3.05) is 7.11 Å². The van der Waals surface area contributed by atoms with Gasteiger partial charge in [-0.2, -0.15) is 5.10 Å². The lowest BCUT2D eigenvalue weighted by Gasteiger charge is -2.15. The third-order valence-corrected chi connectivity index (χ3v) is 3.82. The van der Waals surface area contributed by atoms with Crippen LogP contribution in [0.4, 0.5) is 0 Å². The highest BCUT2D eigenvalue weighted by Gasteiger charge is 2.18. The van der Waals surface area contributed by atoms with Crippen molar-refractivity contribution in [3.8, 4) is 11.5 Å². The summed E-state index contributed by atoms with van der Waals surface area (Å²) in [7, 11) is 1.45. The van der Waals surface area contributed by atoms with Crippen LogP contribution in [0.3, 0.4) is 0 Å². The van der Waals surface area contributed by atoms with Crippen LogP contribution in [-0.2, 0) is 4.79 Å². The average molecular weight is 421 g/mol. The molecule has 2 aromatic carbocycles. The van der Waals surface area contributed by atoms with Gasteiger partial charge in [0.05, 0.1) is 13.3 Å². The predicted octanol–water partition coefficient (Wildman–Crippen LogP) is 3.07. The zero-order valence-electron chi connectivity index (χ0n) is 14.1. The molecule has 0 unspecified atom stereocenters. The Kier molecular flexibility index (Phi) is 6.74. The first-order valence-corrected chi connectivity index (χ1v) is 8.37. The van der Waals surface area contributed by atoms with E-state index in [9.17, 15) is 9.59 Å². The number of carboxylic acids is 1. The van der Waals surface area contributed by atoms with Gasteiger partial charge >= 0.3 is 5.97 Å². The lowest BCUT2D eigenvalue weighted by molar-refractivity contribution is -0.144. The molecule has 1 amide bonds. The molecule has 0 heterocycles. The molecule has 136 valence electrons. The zero-order valence-corrected chi connectivity index (χ0v) is 15.7. The second-order valence-electron chi connectivity index (χ2n) is 5.19. The molecule has 0 aromatic heterocycles. The fourth-order valence-electron chi connectivity index (χ4n) is 2.00. The molecule has 0 saturated carbocycles. The van der Waals surface area contributed by atoms with Crippen LogP contribution in [0.15, 0.2) is 52.0 Å². The first kappa shape index (κ1) is 19.5. The number of nitrogens with zero attached hydrogens (tertiary/aromatic N) is 1. The number of hydrazone groups is 1. The van der Waals surface area contributed by atoms with Gasteiger partial charge in [0.1, 0.15) is 0 Å². The van der Waals surface area contributed by atoms with Crippen LogP contribution in [-0.4, -0.2) is 36.4 Å². The third-order valence-electron chi connectivity index (χ3n) is 3.33. The van der Waals surface area contributed by atoms with Crippen LogP contribution >= 0.6 is 15.9 Å². The fraction of sp³-hybridized carbons (Fsp3) is 0.167. The number of ether oxygens (including phenoxy) is 2. The summed E-state index contributed by atoms with van der Waals surface area (Å²) >= 11 is 3.30. The standard InChI is InChI=1S/C18H17BrN2O5/c1-11(18(23)24)26-16-13(6-4-8-15(16)25-2)10-20-21-17(22)12-5-3-7-14(19)9-12/h3-11H,1-2H3,(H,21,22)(H,23,24)/b20-10-/t11-/m0/s1. The molecule has 2 rings (SSSR count). The number of carbonyl (C=O) groups is 2. The molecule has 0 spiro atoms. The summed E-state index contributed by atoms with van der Waals surface area (Å²) in [6.45, 7) is 1.41. The minimum atomic E-state index is -1.11. The Bertz CT molecular complexity index is 838. The number of para-hydroxylation sites is 1. The van der Waals surface area contributed by atoms with E-state index in [-0.39, 0.29) is 11.7 Å². The van der Waals surface area contributed by atoms with Gasteiger partial charge in [0, 0.05) is 15.6 Å². The lowest BCUT2D eigenvalue weighted by Crippen LogP contribution is -2.24. The molecule has 0 fully saturated rings. The van der Waals surface area contributed by atoms with Crippen molar-refractivity contribution >= 4 is 34.0 Å². The van der Waals surface area contributed by atoms with Crippen molar-refractivity contribution in [3.63, 3.8) is 0 Å². The molecule has 1 atom stereocenters. The Labute approximate surface area is 158 Å². The van der Waals surface area contributed by atoms with Crippen LogP contribution in [0.25, 0.3) is 0 Å². The summed E-state index contributed by atoms with van der Waals surface area (Å²) in [5.41, 5.74) is 3.32. The number of amides is 1. The number of halogens is 1. The Hall–Kier alpha value is -2.87. The molecule has 2 aromatic rings. The van der Waals surface area contributed by atoms with Gasteiger partial charge in [-0.3, -0.25) is 4.79 Å². The van der Waals surface area contributed by atoms with Crippen molar-refractivity contribution in [1.82, 2.24) is 5.43 Å². The largest absolute Gasteiger partial charge is 0.493 e. The first-order chi connectivity index (χ1) is 12.4. The molecule has 26 heavy (non-hydrogen) atoms. The van der Waals surface area contributed by atoms with Crippen molar-refractivity contribution < 1.29 is 24.2 Å². The quantitative estimate of drug-likeness (QED) is 0.529. The van der Waals surface area contributed by atoms with E-state index < -0.39 is 12.1 Å².